The number of methoxy groups -OCH3 is 1. The molecule has 2 rings (SSSR count). The minimum absolute atomic E-state index is 0.230. The summed E-state index contributed by atoms with van der Waals surface area (Å²) < 4.78 is 10.3. The first-order chi connectivity index (χ1) is 9.35. The molecule has 0 bridgehead atoms. The van der Waals surface area contributed by atoms with Crippen molar-refractivity contribution in [3.05, 3.63) is 54.0 Å². The molecule has 6 heteroatoms. The minimum Gasteiger partial charge on any atom is -0.370 e. The number of nitrogens with zero attached hydrogens (tertiary/aromatic N) is 2. The summed E-state index contributed by atoms with van der Waals surface area (Å²) in [7, 11) is 3.09. The maximum atomic E-state index is 5.51. The Morgan fingerprint density at radius 3 is 2.58 bits per heavy atom. The van der Waals surface area contributed by atoms with Gasteiger partial charge in [-0.2, -0.15) is 4.33 Å². The van der Waals surface area contributed by atoms with Crippen LogP contribution in [0.4, 0.5) is 0 Å². The van der Waals surface area contributed by atoms with Gasteiger partial charge >= 0.3 is 0 Å². The fraction of sp³-hybridized carbons (Fsp3) is 0.231. The second kappa shape index (κ2) is 7.20. The molecule has 19 heavy (non-hydrogen) atoms. The quantitative estimate of drug-likeness (QED) is 0.350. The van der Waals surface area contributed by atoms with E-state index in [2.05, 4.69) is 14.9 Å². The largest absolute Gasteiger partial charge is 0.370 e. The fourth-order valence-corrected chi connectivity index (χ4v) is 2.06. The number of ether oxygens (including phenoxy) is 1. The van der Waals surface area contributed by atoms with Gasteiger partial charge in [0.15, 0.2) is 0 Å². The van der Waals surface area contributed by atoms with E-state index < -0.39 is 0 Å². The van der Waals surface area contributed by atoms with Crippen LogP contribution >= 0.6 is 12.0 Å². The lowest BCUT2D eigenvalue weighted by Gasteiger charge is -2.15. The Labute approximate surface area is 116 Å². The Bertz CT molecular complexity index is 510. The van der Waals surface area contributed by atoms with E-state index in [-0.39, 0.29) is 6.10 Å². The summed E-state index contributed by atoms with van der Waals surface area (Å²) in [5, 5.41) is 0.657. The maximum Gasteiger partial charge on any atom is 0.130 e. The predicted octanol–water partition coefficient (Wildman–Crippen LogP) is 2.80. The first-order valence-corrected chi connectivity index (χ1v) is 6.36. The van der Waals surface area contributed by atoms with Gasteiger partial charge in [-0.1, -0.05) is 30.3 Å². The van der Waals surface area contributed by atoms with Crippen LogP contribution in [-0.2, 0) is 14.0 Å². The van der Waals surface area contributed by atoms with Crippen molar-refractivity contribution in [1.29, 1.82) is 0 Å². The Hall–Kier alpha value is -1.47. The summed E-state index contributed by atoms with van der Waals surface area (Å²) in [6, 6.07) is 11.7. The van der Waals surface area contributed by atoms with Crippen molar-refractivity contribution in [3.8, 4) is 0 Å². The molecule has 1 aromatic carbocycles. The van der Waals surface area contributed by atoms with E-state index in [1.807, 2.05) is 36.4 Å². The Kier molecular flexibility index (Phi) is 5.29. The highest BCUT2D eigenvalue weighted by molar-refractivity contribution is 7.94. The molecule has 0 aliphatic heterocycles. The zero-order valence-corrected chi connectivity index (χ0v) is 11.5. The number of hydrogen-bond donors (Lipinski definition) is 0. The third-order valence-corrected chi connectivity index (χ3v) is 3.06. The lowest BCUT2D eigenvalue weighted by Crippen LogP contribution is -2.06. The molecule has 0 N–H and O–H groups in total. The van der Waals surface area contributed by atoms with Crippen molar-refractivity contribution < 1.29 is 14.0 Å². The van der Waals surface area contributed by atoms with Crippen LogP contribution in [0.15, 0.2) is 47.8 Å². The van der Waals surface area contributed by atoms with Crippen molar-refractivity contribution in [2.24, 2.45) is 0 Å². The van der Waals surface area contributed by atoms with E-state index >= 15 is 0 Å². The summed E-state index contributed by atoms with van der Waals surface area (Å²) in [6.45, 7) is 0. The molecule has 0 amide bonds. The third-order valence-electron chi connectivity index (χ3n) is 2.46. The molecule has 100 valence electrons. The highest BCUT2D eigenvalue weighted by Crippen LogP contribution is 2.26. The lowest BCUT2D eigenvalue weighted by molar-refractivity contribution is -0.160. The second-order valence-electron chi connectivity index (χ2n) is 3.63. The van der Waals surface area contributed by atoms with Gasteiger partial charge in [-0.3, -0.25) is 0 Å². The van der Waals surface area contributed by atoms with Gasteiger partial charge in [-0.25, -0.2) is 14.9 Å². The number of benzene rings is 1. The van der Waals surface area contributed by atoms with Crippen LogP contribution in [0.25, 0.3) is 0 Å². The SMILES string of the molecule is COOSc1cc(C(OC)c2ccccc2)ncn1. The summed E-state index contributed by atoms with van der Waals surface area (Å²) in [5.74, 6) is 0. The topological polar surface area (TPSA) is 53.5 Å². The van der Waals surface area contributed by atoms with Gasteiger partial charge < -0.3 is 4.74 Å². The summed E-state index contributed by atoms with van der Waals surface area (Å²) in [4.78, 5) is 12.9. The van der Waals surface area contributed by atoms with E-state index in [1.165, 1.54) is 13.4 Å². The molecular weight excluding hydrogens is 264 g/mol. The zero-order chi connectivity index (χ0) is 13.5. The van der Waals surface area contributed by atoms with E-state index in [9.17, 15) is 0 Å². The summed E-state index contributed by atoms with van der Waals surface area (Å²) in [5.41, 5.74) is 1.80. The van der Waals surface area contributed by atoms with Gasteiger partial charge in [-0.15, -0.1) is 0 Å². The van der Waals surface area contributed by atoms with Crippen molar-refractivity contribution in [3.63, 3.8) is 0 Å². The van der Waals surface area contributed by atoms with E-state index in [0.717, 1.165) is 23.3 Å². The molecule has 0 aliphatic rings. The number of aromatic nitrogens is 2. The molecule has 0 aliphatic carbocycles. The average Bonchev–Trinajstić information content (AvgIpc) is 2.47. The highest BCUT2D eigenvalue weighted by atomic mass is 32.2. The standard InChI is InChI=1S/C13H14N2O3S/c1-16-13(10-6-4-3-5-7-10)11-8-12(15-9-14-11)19-18-17-2/h3-9,13H,1-2H3. The average molecular weight is 278 g/mol. The van der Waals surface area contributed by atoms with Gasteiger partial charge in [-0.05, 0) is 11.6 Å². The molecule has 0 radical (unpaired) electrons. The molecule has 1 heterocycles. The second-order valence-corrected chi connectivity index (χ2v) is 4.35. The summed E-state index contributed by atoms with van der Waals surface area (Å²) in [6.07, 6.45) is 1.25. The van der Waals surface area contributed by atoms with Crippen molar-refractivity contribution >= 4 is 12.0 Å². The van der Waals surface area contributed by atoms with Gasteiger partial charge in [0.05, 0.1) is 24.8 Å². The smallest absolute Gasteiger partial charge is 0.130 e. The molecule has 1 atom stereocenters. The lowest BCUT2D eigenvalue weighted by atomic mass is 10.1. The van der Waals surface area contributed by atoms with Gasteiger partial charge in [0.2, 0.25) is 0 Å². The molecule has 1 unspecified atom stereocenters. The fourth-order valence-electron chi connectivity index (χ4n) is 1.67. The van der Waals surface area contributed by atoms with Crippen LogP contribution < -0.4 is 0 Å². The van der Waals surface area contributed by atoms with E-state index in [1.54, 1.807) is 7.11 Å². The van der Waals surface area contributed by atoms with Gasteiger partial charge in [0.1, 0.15) is 17.5 Å². The van der Waals surface area contributed by atoms with Crippen molar-refractivity contribution in [2.75, 3.05) is 14.2 Å². The predicted molar refractivity (Wildman–Crippen MR) is 71.3 cm³/mol. The monoisotopic (exact) mass is 278 g/mol. The van der Waals surface area contributed by atoms with Gasteiger partial charge in [0.25, 0.3) is 0 Å². The Morgan fingerprint density at radius 1 is 1.11 bits per heavy atom. The molecule has 1 aromatic heterocycles. The van der Waals surface area contributed by atoms with Crippen LogP contribution in [0.2, 0.25) is 0 Å². The van der Waals surface area contributed by atoms with E-state index in [0.29, 0.717) is 5.03 Å². The van der Waals surface area contributed by atoms with Crippen molar-refractivity contribution in [2.45, 2.75) is 11.1 Å². The molecule has 2 aromatic rings. The first kappa shape index (κ1) is 14.0. The zero-order valence-electron chi connectivity index (χ0n) is 10.6. The Morgan fingerprint density at radius 2 is 1.89 bits per heavy atom. The van der Waals surface area contributed by atoms with Crippen molar-refractivity contribution in [1.82, 2.24) is 9.97 Å². The minimum atomic E-state index is -0.230. The first-order valence-electron chi connectivity index (χ1n) is 5.62. The van der Waals surface area contributed by atoms with Crippen LogP contribution in [0.1, 0.15) is 17.4 Å². The van der Waals surface area contributed by atoms with Crippen LogP contribution in [0, 0.1) is 0 Å². The normalized spacial score (nSPS) is 12.3. The van der Waals surface area contributed by atoms with Crippen LogP contribution in [0.3, 0.4) is 0 Å². The van der Waals surface area contributed by atoms with E-state index in [4.69, 9.17) is 9.07 Å². The Balaban J connectivity index is 2.23. The highest BCUT2D eigenvalue weighted by Gasteiger charge is 2.15. The molecule has 0 saturated carbocycles. The molecular formula is C13H14N2O3S. The van der Waals surface area contributed by atoms with Gasteiger partial charge in [0, 0.05) is 7.11 Å². The molecule has 5 nitrogen and oxygen atoms in total. The third kappa shape index (κ3) is 3.74. The van der Waals surface area contributed by atoms with Crippen LogP contribution in [0.5, 0.6) is 0 Å². The summed E-state index contributed by atoms with van der Waals surface area (Å²) >= 11 is 1.03. The maximum absolute atomic E-state index is 5.51. The number of rotatable bonds is 6. The molecule has 0 spiro atoms. The van der Waals surface area contributed by atoms with Crippen LogP contribution in [-0.4, -0.2) is 24.2 Å². The molecule has 0 fully saturated rings. The number of hydrogen-bond acceptors (Lipinski definition) is 6. The molecule has 0 saturated heterocycles.